The summed E-state index contributed by atoms with van der Waals surface area (Å²) in [4.78, 5) is 58.9. The first kappa shape index (κ1) is 39.7. The molecule has 4 saturated heterocycles. The summed E-state index contributed by atoms with van der Waals surface area (Å²) >= 11 is 0. The topological polar surface area (TPSA) is 150 Å². The lowest BCUT2D eigenvalue weighted by Crippen LogP contribution is -2.52. The first-order valence-corrected chi connectivity index (χ1v) is 21.5. The third kappa shape index (κ3) is 7.84. The molecule has 0 saturated carbocycles. The van der Waals surface area contributed by atoms with Gasteiger partial charge in [-0.15, -0.1) is 0 Å². The molecule has 3 aromatic carbocycles. The van der Waals surface area contributed by atoms with E-state index in [1.54, 1.807) is 4.90 Å². The number of imide groups is 1. The zero-order valence-corrected chi connectivity index (χ0v) is 34.9. The lowest BCUT2D eigenvalue weighted by Gasteiger charge is -2.41. The van der Waals surface area contributed by atoms with Crippen LogP contribution in [0.25, 0.3) is 10.9 Å². The average Bonchev–Trinajstić information content (AvgIpc) is 3.58. The number of fused-ring (bicyclic) bond motifs is 2. The third-order valence-corrected chi connectivity index (χ3v) is 13.3. The molecular weight excluding hydrogens is 757 g/mol. The van der Waals surface area contributed by atoms with E-state index in [2.05, 4.69) is 67.5 Å². The summed E-state index contributed by atoms with van der Waals surface area (Å²) in [7, 11) is 0. The van der Waals surface area contributed by atoms with Crippen molar-refractivity contribution in [2.75, 3.05) is 92.1 Å². The highest BCUT2D eigenvalue weighted by molar-refractivity contribution is 6.05. The molecule has 60 heavy (non-hydrogen) atoms. The Labute approximate surface area is 351 Å². The molecule has 9 rings (SSSR count). The number of hydrogen-bond acceptors (Lipinski definition) is 12. The molecule has 4 aromatic rings. The van der Waals surface area contributed by atoms with Crippen LogP contribution in [0.2, 0.25) is 0 Å². The van der Waals surface area contributed by atoms with Gasteiger partial charge in [-0.2, -0.15) is 5.26 Å². The second kappa shape index (κ2) is 16.7. The Morgan fingerprint density at radius 3 is 2.38 bits per heavy atom. The largest absolute Gasteiger partial charge is 0.378 e. The molecule has 0 bridgehead atoms. The number of piperazine rings is 1. The molecule has 4 fully saturated rings. The van der Waals surface area contributed by atoms with Crippen LogP contribution in [-0.2, 0) is 20.9 Å². The quantitative estimate of drug-likeness (QED) is 0.221. The van der Waals surface area contributed by atoms with Crippen molar-refractivity contribution in [2.45, 2.75) is 65.1 Å². The summed E-state index contributed by atoms with van der Waals surface area (Å²) in [5, 5.41) is 16.7. The number of nitriles is 1. The van der Waals surface area contributed by atoms with Crippen LogP contribution in [0.3, 0.4) is 0 Å². The highest BCUT2D eigenvalue weighted by atomic mass is 16.5. The van der Waals surface area contributed by atoms with Gasteiger partial charge in [-0.25, -0.2) is 9.97 Å². The predicted molar refractivity (Wildman–Crippen MR) is 231 cm³/mol. The van der Waals surface area contributed by atoms with E-state index in [4.69, 9.17) is 14.7 Å². The molecule has 2 N–H and O–H groups in total. The number of rotatable bonds is 9. The summed E-state index contributed by atoms with van der Waals surface area (Å²) in [5.74, 6) is 1.35. The molecule has 5 aliphatic heterocycles. The Balaban J connectivity index is 0.844. The van der Waals surface area contributed by atoms with Crippen LogP contribution in [0.15, 0.2) is 48.5 Å². The van der Waals surface area contributed by atoms with Crippen LogP contribution in [0.1, 0.15) is 77.1 Å². The Morgan fingerprint density at radius 1 is 0.883 bits per heavy atom. The summed E-state index contributed by atoms with van der Waals surface area (Å²) < 4.78 is 5.78. The number of piperidine rings is 2. The molecule has 2 atom stereocenters. The molecule has 0 spiro atoms. The van der Waals surface area contributed by atoms with Crippen molar-refractivity contribution in [1.29, 1.82) is 5.26 Å². The molecular formula is C46H54N10O4. The van der Waals surface area contributed by atoms with Gasteiger partial charge in [0.05, 0.1) is 47.8 Å². The molecule has 1 aromatic heterocycles. The van der Waals surface area contributed by atoms with Crippen molar-refractivity contribution in [3.8, 4) is 6.07 Å². The molecule has 6 heterocycles. The number of carbonyl (C=O) groups excluding carboxylic acids is 3. The van der Waals surface area contributed by atoms with Crippen LogP contribution < -0.4 is 25.3 Å². The molecule has 0 radical (unpaired) electrons. The number of carbonyl (C=O) groups is 3. The van der Waals surface area contributed by atoms with Gasteiger partial charge < -0.3 is 29.7 Å². The maximum absolute atomic E-state index is 13.2. The van der Waals surface area contributed by atoms with Gasteiger partial charge in [-0.1, -0.05) is 12.1 Å². The van der Waals surface area contributed by atoms with Crippen molar-refractivity contribution in [1.82, 2.24) is 25.1 Å². The number of nitrogens with one attached hydrogen (secondary N) is 2. The van der Waals surface area contributed by atoms with Crippen molar-refractivity contribution in [2.24, 2.45) is 5.92 Å². The van der Waals surface area contributed by atoms with Crippen molar-refractivity contribution in [3.63, 3.8) is 0 Å². The fraction of sp³-hybridized carbons (Fsp3) is 0.478. The average molecular weight is 811 g/mol. The molecule has 3 amide bonds. The Kier molecular flexibility index (Phi) is 11.0. The number of benzene rings is 3. The lowest BCUT2D eigenvalue weighted by atomic mass is 9.95. The van der Waals surface area contributed by atoms with Gasteiger partial charge in [0.1, 0.15) is 17.7 Å². The van der Waals surface area contributed by atoms with E-state index in [1.807, 2.05) is 38.1 Å². The minimum Gasteiger partial charge on any atom is -0.378 e. The maximum Gasteiger partial charge on any atom is 0.255 e. The first-order chi connectivity index (χ1) is 29.1. The predicted octanol–water partition coefficient (Wildman–Crippen LogP) is 4.93. The van der Waals surface area contributed by atoms with E-state index >= 15 is 0 Å². The molecule has 14 heteroatoms. The fourth-order valence-corrected chi connectivity index (χ4v) is 9.88. The third-order valence-electron chi connectivity index (χ3n) is 13.3. The Hall–Kier alpha value is -5.78. The van der Waals surface area contributed by atoms with E-state index in [1.165, 1.54) is 11.4 Å². The number of anilines is 4. The molecule has 14 nitrogen and oxygen atoms in total. The second-order valence-electron chi connectivity index (χ2n) is 17.0. The van der Waals surface area contributed by atoms with Gasteiger partial charge in [0.2, 0.25) is 11.8 Å². The van der Waals surface area contributed by atoms with Gasteiger partial charge in [0.25, 0.3) is 5.91 Å². The van der Waals surface area contributed by atoms with Crippen LogP contribution in [-0.4, -0.2) is 116 Å². The van der Waals surface area contributed by atoms with Gasteiger partial charge in [-0.05, 0) is 99.0 Å². The van der Waals surface area contributed by atoms with Gasteiger partial charge >= 0.3 is 0 Å². The van der Waals surface area contributed by atoms with E-state index < -0.39 is 6.04 Å². The fourth-order valence-electron chi connectivity index (χ4n) is 9.88. The summed E-state index contributed by atoms with van der Waals surface area (Å²) in [6.07, 6.45) is 2.85. The number of aromatic nitrogens is 2. The molecule has 1 unspecified atom stereocenters. The van der Waals surface area contributed by atoms with Crippen molar-refractivity contribution < 1.29 is 19.1 Å². The molecule has 5 aliphatic rings. The first-order valence-electron chi connectivity index (χ1n) is 21.5. The highest BCUT2D eigenvalue weighted by Gasteiger charge is 2.39. The van der Waals surface area contributed by atoms with Crippen LogP contribution in [0.5, 0.6) is 0 Å². The Morgan fingerprint density at radius 2 is 1.63 bits per heavy atom. The summed E-state index contributed by atoms with van der Waals surface area (Å²) in [6, 6.07) is 18.2. The Bertz CT molecular complexity index is 2360. The smallest absolute Gasteiger partial charge is 0.255 e. The second-order valence-corrected chi connectivity index (χ2v) is 17.0. The minimum absolute atomic E-state index is 0.0615. The summed E-state index contributed by atoms with van der Waals surface area (Å²) in [5.41, 5.74) is 8.80. The zero-order valence-electron chi connectivity index (χ0n) is 34.9. The number of ether oxygens (including phenoxy) is 1. The zero-order chi connectivity index (χ0) is 41.5. The molecule has 312 valence electrons. The van der Waals surface area contributed by atoms with Crippen LogP contribution in [0, 0.1) is 31.1 Å². The monoisotopic (exact) mass is 810 g/mol. The van der Waals surface area contributed by atoms with Crippen molar-refractivity contribution >= 4 is 51.5 Å². The number of morpholine rings is 1. The van der Waals surface area contributed by atoms with Gasteiger partial charge in [0, 0.05) is 88.5 Å². The van der Waals surface area contributed by atoms with E-state index in [0.29, 0.717) is 49.0 Å². The number of amides is 3. The van der Waals surface area contributed by atoms with Crippen LogP contribution in [0.4, 0.5) is 22.9 Å². The minimum atomic E-state index is -0.599. The van der Waals surface area contributed by atoms with Crippen LogP contribution >= 0.6 is 0 Å². The van der Waals surface area contributed by atoms with Gasteiger partial charge in [0.15, 0.2) is 0 Å². The number of aryl methyl sites for hydroxylation is 1. The lowest BCUT2D eigenvalue weighted by molar-refractivity contribution is -0.136. The maximum atomic E-state index is 13.2. The number of nitrogens with zero attached hydrogens (tertiary/aromatic N) is 8. The SMILES string of the molecule is Cc1nc(N[C@H](C)c2cccc(C#N)c2C)c2cc(N3CCOCC3)c(N3CCN(CC4CCN(c5ccc6c(c5)CN(C5CCC(=O)NC5=O)C6=O)CC4)CC3)cc2n1. The highest BCUT2D eigenvalue weighted by Crippen LogP contribution is 2.38. The van der Waals surface area contributed by atoms with Gasteiger partial charge in [-0.3, -0.25) is 24.6 Å². The van der Waals surface area contributed by atoms with E-state index in [-0.39, 0.29) is 30.2 Å². The number of hydrogen-bond donors (Lipinski definition) is 2. The summed E-state index contributed by atoms with van der Waals surface area (Å²) in [6.45, 7) is 16.4. The normalized spacial score (nSPS) is 21.0. The van der Waals surface area contributed by atoms with Crippen molar-refractivity contribution in [3.05, 3.63) is 82.2 Å². The van der Waals surface area contributed by atoms with E-state index in [0.717, 1.165) is 111 Å². The van der Waals surface area contributed by atoms with E-state index in [9.17, 15) is 19.6 Å². The molecule has 0 aliphatic carbocycles. The standard InChI is InChI=1S/C46H54N10O4/c1-29-33(26-47)5-4-6-36(29)30(2)48-44-38-24-41(55-19-21-60-22-20-55)42(25-39(38)49-31(3)50-44)54-17-15-52(16-18-54)27-32-11-13-53(14-12-32)35-7-8-37-34(23-35)28-56(46(37)59)40-9-10-43(57)51-45(40)58/h4-8,23-25,30,32,40H,9-22,27-28H2,1-3H3,(H,48,49,50)(H,51,57,58)/t30-,40?/m1/s1.